The fourth-order valence-electron chi connectivity index (χ4n) is 2.67. The highest BCUT2D eigenvalue weighted by atomic mass is 35.5. The summed E-state index contributed by atoms with van der Waals surface area (Å²) in [5.41, 5.74) is 2.96. The van der Waals surface area contributed by atoms with Crippen LogP contribution in [0.1, 0.15) is 17.2 Å². The Morgan fingerprint density at radius 3 is 2.57 bits per heavy atom. The van der Waals surface area contributed by atoms with Gasteiger partial charge >= 0.3 is 0 Å². The average molecular weight is 343 g/mol. The van der Waals surface area contributed by atoms with E-state index in [9.17, 15) is 0 Å². The predicted molar refractivity (Wildman–Crippen MR) is 92.7 cm³/mol. The van der Waals surface area contributed by atoms with Crippen LogP contribution in [0.3, 0.4) is 0 Å². The molecule has 0 spiro atoms. The molecule has 3 aromatic rings. The summed E-state index contributed by atoms with van der Waals surface area (Å²) in [7, 11) is 0. The summed E-state index contributed by atoms with van der Waals surface area (Å²) in [5, 5.41) is 9.02. The predicted octanol–water partition coefficient (Wildman–Crippen LogP) is 4.64. The summed E-state index contributed by atoms with van der Waals surface area (Å²) in [6.07, 6.45) is 3.62. The van der Waals surface area contributed by atoms with Crippen molar-refractivity contribution in [2.24, 2.45) is 0 Å². The standard InChI is InChI=1S/C17H12Cl2N4/c18-12-7-5-11(6-8-12)15-9-16(13-3-1-2-4-14(13)19)23-17(22-15)20-10-21-23/h1-10,16H,(H,20,21,22). The molecule has 2 aromatic carbocycles. The van der Waals surface area contributed by atoms with Crippen molar-refractivity contribution in [3.63, 3.8) is 0 Å². The van der Waals surface area contributed by atoms with Crippen LogP contribution in [0.2, 0.25) is 10.0 Å². The molecule has 0 aliphatic carbocycles. The third-order valence-electron chi connectivity index (χ3n) is 3.79. The number of hydrogen-bond donors (Lipinski definition) is 1. The van der Waals surface area contributed by atoms with Gasteiger partial charge in [0.2, 0.25) is 5.95 Å². The quantitative estimate of drug-likeness (QED) is 0.737. The molecule has 23 heavy (non-hydrogen) atoms. The lowest BCUT2D eigenvalue weighted by Crippen LogP contribution is -2.20. The molecule has 1 N–H and O–H groups in total. The molecule has 1 unspecified atom stereocenters. The van der Waals surface area contributed by atoms with Crippen LogP contribution in [0.4, 0.5) is 5.95 Å². The molecule has 114 valence electrons. The molecule has 4 nitrogen and oxygen atoms in total. The van der Waals surface area contributed by atoms with E-state index in [4.69, 9.17) is 23.2 Å². The molecular formula is C17H12Cl2N4. The number of nitrogens with one attached hydrogen (secondary N) is 1. The molecule has 1 aromatic heterocycles. The molecule has 1 aliphatic rings. The number of rotatable bonds is 2. The first-order chi connectivity index (χ1) is 11.2. The minimum Gasteiger partial charge on any atom is -0.324 e. The van der Waals surface area contributed by atoms with Crippen molar-refractivity contribution in [1.29, 1.82) is 0 Å². The van der Waals surface area contributed by atoms with Gasteiger partial charge in [0, 0.05) is 15.7 Å². The van der Waals surface area contributed by atoms with Gasteiger partial charge in [-0.1, -0.05) is 53.5 Å². The van der Waals surface area contributed by atoms with Gasteiger partial charge in [-0.05, 0) is 35.4 Å². The number of fused-ring (bicyclic) bond motifs is 1. The molecule has 0 fully saturated rings. The normalized spacial score (nSPS) is 16.4. The first-order valence-corrected chi connectivity index (χ1v) is 7.87. The van der Waals surface area contributed by atoms with Crippen molar-refractivity contribution in [2.75, 3.05) is 5.32 Å². The van der Waals surface area contributed by atoms with Crippen LogP contribution < -0.4 is 5.32 Å². The molecule has 2 heterocycles. The highest BCUT2D eigenvalue weighted by Crippen LogP contribution is 2.34. The lowest BCUT2D eigenvalue weighted by molar-refractivity contribution is 0.612. The molecule has 1 atom stereocenters. The summed E-state index contributed by atoms with van der Waals surface area (Å²) in [5.74, 6) is 0.683. The number of anilines is 1. The maximum absolute atomic E-state index is 6.38. The number of halogens is 2. The summed E-state index contributed by atoms with van der Waals surface area (Å²) in [6, 6.07) is 15.3. The smallest absolute Gasteiger partial charge is 0.226 e. The van der Waals surface area contributed by atoms with Crippen LogP contribution in [0.5, 0.6) is 0 Å². The Bertz CT molecular complexity index is 884. The Kier molecular flexibility index (Phi) is 3.56. The second kappa shape index (κ2) is 5.72. The lowest BCUT2D eigenvalue weighted by Gasteiger charge is -2.25. The second-order valence-electron chi connectivity index (χ2n) is 5.21. The zero-order valence-electron chi connectivity index (χ0n) is 11.9. The van der Waals surface area contributed by atoms with E-state index in [2.05, 4.69) is 21.5 Å². The van der Waals surface area contributed by atoms with E-state index in [1.807, 2.05) is 53.2 Å². The lowest BCUT2D eigenvalue weighted by atomic mass is 10.0. The number of benzene rings is 2. The zero-order chi connectivity index (χ0) is 15.8. The van der Waals surface area contributed by atoms with Gasteiger partial charge < -0.3 is 5.32 Å². The van der Waals surface area contributed by atoms with Crippen molar-refractivity contribution in [3.8, 4) is 0 Å². The van der Waals surface area contributed by atoms with Gasteiger partial charge in [-0.3, -0.25) is 0 Å². The molecule has 0 saturated heterocycles. The third kappa shape index (κ3) is 2.60. The average Bonchev–Trinajstić information content (AvgIpc) is 3.04. The van der Waals surface area contributed by atoms with Gasteiger partial charge in [-0.15, -0.1) is 0 Å². The number of aromatic nitrogens is 3. The van der Waals surface area contributed by atoms with E-state index in [1.54, 1.807) is 0 Å². The Morgan fingerprint density at radius 1 is 1.00 bits per heavy atom. The molecular weight excluding hydrogens is 331 g/mol. The van der Waals surface area contributed by atoms with Crippen LogP contribution in [-0.4, -0.2) is 14.8 Å². The van der Waals surface area contributed by atoms with E-state index in [1.165, 1.54) is 6.33 Å². The van der Waals surface area contributed by atoms with Crippen molar-refractivity contribution >= 4 is 34.8 Å². The monoisotopic (exact) mass is 342 g/mol. The number of nitrogens with zero attached hydrogens (tertiary/aromatic N) is 3. The summed E-state index contributed by atoms with van der Waals surface area (Å²) >= 11 is 12.4. The Morgan fingerprint density at radius 2 is 1.78 bits per heavy atom. The summed E-state index contributed by atoms with van der Waals surface area (Å²) in [4.78, 5) is 4.29. The topological polar surface area (TPSA) is 42.7 Å². The van der Waals surface area contributed by atoms with Crippen molar-refractivity contribution in [3.05, 3.63) is 82.1 Å². The maximum atomic E-state index is 6.38. The highest BCUT2D eigenvalue weighted by Gasteiger charge is 2.24. The molecule has 0 saturated carbocycles. The van der Waals surface area contributed by atoms with Crippen molar-refractivity contribution in [2.45, 2.75) is 6.04 Å². The van der Waals surface area contributed by atoms with Crippen LogP contribution >= 0.6 is 23.2 Å². The van der Waals surface area contributed by atoms with Gasteiger partial charge in [0.05, 0.1) is 0 Å². The largest absolute Gasteiger partial charge is 0.324 e. The van der Waals surface area contributed by atoms with Gasteiger partial charge in [0.1, 0.15) is 12.4 Å². The molecule has 1 aliphatic heterocycles. The van der Waals surface area contributed by atoms with Gasteiger partial charge in [0.25, 0.3) is 0 Å². The number of hydrogen-bond acceptors (Lipinski definition) is 3. The molecule has 0 bridgehead atoms. The van der Waals surface area contributed by atoms with E-state index >= 15 is 0 Å². The first kappa shape index (κ1) is 14.3. The van der Waals surface area contributed by atoms with E-state index in [0.29, 0.717) is 16.0 Å². The van der Waals surface area contributed by atoms with Gasteiger partial charge in [-0.2, -0.15) is 10.1 Å². The maximum Gasteiger partial charge on any atom is 0.226 e. The summed E-state index contributed by atoms with van der Waals surface area (Å²) in [6.45, 7) is 0. The fourth-order valence-corrected chi connectivity index (χ4v) is 3.04. The van der Waals surface area contributed by atoms with Crippen molar-refractivity contribution < 1.29 is 0 Å². The van der Waals surface area contributed by atoms with Gasteiger partial charge in [0.15, 0.2) is 0 Å². The van der Waals surface area contributed by atoms with Crippen LogP contribution in [0, 0.1) is 0 Å². The van der Waals surface area contributed by atoms with Crippen LogP contribution in [0.25, 0.3) is 5.70 Å². The third-order valence-corrected chi connectivity index (χ3v) is 4.38. The van der Waals surface area contributed by atoms with Gasteiger partial charge in [-0.25, -0.2) is 4.68 Å². The Balaban J connectivity index is 1.83. The first-order valence-electron chi connectivity index (χ1n) is 7.11. The van der Waals surface area contributed by atoms with E-state index in [-0.39, 0.29) is 6.04 Å². The zero-order valence-corrected chi connectivity index (χ0v) is 13.5. The molecule has 0 radical (unpaired) electrons. The minimum atomic E-state index is -0.117. The van der Waals surface area contributed by atoms with Crippen LogP contribution in [0.15, 0.2) is 60.9 Å². The highest BCUT2D eigenvalue weighted by molar-refractivity contribution is 6.31. The molecule has 6 heteroatoms. The molecule has 4 rings (SSSR count). The summed E-state index contributed by atoms with van der Waals surface area (Å²) < 4.78 is 1.82. The molecule has 0 amide bonds. The van der Waals surface area contributed by atoms with E-state index in [0.717, 1.165) is 16.8 Å². The van der Waals surface area contributed by atoms with Crippen LogP contribution in [-0.2, 0) is 0 Å². The Labute approximate surface area is 143 Å². The SMILES string of the molecule is Clc1ccc(C2=CC(c3ccccc3Cl)n3ncnc3N2)cc1. The number of allylic oxidation sites excluding steroid dienone is 1. The van der Waals surface area contributed by atoms with Crippen molar-refractivity contribution in [1.82, 2.24) is 14.8 Å². The Hall–Kier alpha value is -2.30. The van der Waals surface area contributed by atoms with E-state index < -0.39 is 0 Å². The second-order valence-corrected chi connectivity index (χ2v) is 6.05. The fraction of sp³-hybridized carbons (Fsp3) is 0.0588. The minimum absolute atomic E-state index is 0.117.